The number of unbranched alkanes of at least 4 members (excludes halogenated alkanes) is 1. The largest absolute Gasteiger partial charge is 0.356 e. The van der Waals surface area contributed by atoms with Crippen LogP contribution in [0.25, 0.3) is 0 Å². The van der Waals surface area contributed by atoms with Crippen LogP contribution in [0.1, 0.15) is 38.5 Å². The molecule has 164 valence electrons. The van der Waals surface area contributed by atoms with Gasteiger partial charge in [0.2, 0.25) is 5.91 Å². The lowest BCUT2D eigenvalue weighted by atomic mass is 9.85. The predicted octanol–water partition coefficient (Wildman–Crippen LogP) is 1.98. The van der Waals surface area contributed by atoms with E-state index in [1.807, 2.05) is 23.4 Å². The predicted molar refractivity (Wildman–Crippen MR) is 129 cm³/mol. The molecule has 3 rings (SSSR count). The van der Waals surface area contributed by atoms with Gasteiger partial charge in [0, 0.05) is 56.7 Å². The topological polar surface area (TPSA) is 87.4 Å². The van der Waals surface area contributed by atoms with E-state index in [1.54, 1.807) is 12.7 Å². The number of hydrogen-bond acceptors (Lipinski definition) is 5. The molecule has 0 atom stereocenters. The summed E-state index contributed by atoms with van der Waals surface area (Å²) in [5.41, 5.74) is 0. The summed E-state index contributed by atoms with van der Waals surface area (Å²) in [4.78, 5) is 19.1. The van der Waals surface area contributed by atoms with Crippen LogP contribution in [0.2, 0.25) is 0 Å². The summed E-state index contributed by atoms with van der Waals surface area (Å²) in [7, 11) is 1.82. The van der Waals surface area contributed by atoms with Gasteiger partial charge in [-0.05, 0) is 38.5 Å². The van der Waals surface area contributed by atoms with Crippen LogP contribution in [0.5, 0.6) is 0 Å². The highest BCUT2D eigenvalue weighted by Gasteiger charge is 2.30. The molecule has 29 heavy (non-hydrogen) atoms. The first-order chi connectivity index (χ1) is 13.8. The van der Waals surface area contributed by atoms with Gasteiger partial charge in [-0.3, -0.25) is 9.79 Å². The molecule has 0 aromatic carbocycles. The number of thioether (sulfide) groups is 1. The highest BCUT2D eigenvalue weighted by Crippen LogP contribution is 2.27. The maximum Gasteiger partial charge on any atom is 0.225 e. The van der Waals surface area contributed by atoms with Crippen LogP contribution >= 0.6 is 35.7 Å². The number of guanidine groups is 1. The zero-order valence-electron chi connectivity index (χ0n) is 17.3. The molecule has 8 nitrogen and oxygen atoms in total. The first-order valence-corrected chi connectivity index (χ1v) is 11.6. The lowest BCUT2D eigenvalue weighted by molar-refractivity contribution is -0.136. The lowest BCUT2D eigenvalue weighted by Crippen LogP contribution is -2.47. The van der Waals surface area contributed by atoms with Gasteiger partial charge in [0.25, 0.3) is 0 Å². The van der Waals surface area contributed by atoms with Crippen molar-refractivity contribution in [3.63, 3.8) is 0 Å². The minimum atomic E-state index is 0. The molecule has 2 N–H and O–H groups in total. The molecule has 1 aromatic rings. The Morgan fingerprint density at radius 1 is 1.14 bits per heavy atom. The Balaban J connectivity index is 0.00000300. The quantitative estimate of drug-likeness (QED) is 0.240. The van der Waals surface area contributed by atoms with Gasteiger partial charge in [-0.1, -0.05) is 0 Å². The first-order valence-electron chi connectivity index (χ1n) is 10.4. The highest BCUT2D eigenvalue weighted by atomic mass is 127. The number of rotatable bonds is 7. The van der Waals surface area contributed by atoms with Gasteiger partial charge in [-0.2, -0.15) is 11.8 Å². The van der Waals surface area contributed by atoms with Crippen LogP contribution in [0, 0.1) is 5.92 Å². The van der Waals surface area contributed by atoms with E-state index in [2.05, 4.69) is 30.7 Å². The van der Waals surface area contributed by atoms with Crippen LogP contribution in [0.4, 0.5) is 0 Å². The molecule has 10 heteroatoms. The fourth-order valence-corrected chi connectivity index (χ4v) is 4.78. The van der Waals surface area contributed by atoms with Crippen molar-refractivity contribution in [3.05, 3.63) is 12.7 Å². The van der Waals surface area contributed by atoms with Gasteiger partial charge in [0.15, 0.2) is 5.96 Å². The van der Waals surface area contributed by atoms with Gasteiger partial charge >= 0.3 is 0 Å². The number of carbonyl (C=O) groups is 1. The van der Waals surface area contributed by atoms with E-state index >= 15 is 0 Å². The van der Waals surface area contributed by atoms with Crippen molar-refractivity contribution in [2.24, 2.45) is 10.9 Å². The third-order valence-electron chi connectivity index (χ3n) is 5.57. The molecule has 2 heterocycles. The highest BCUT2D eigenvalue weighted by molar-refractivity contribution is 14.0. The van der Waals surface area contributed by atoms with Gasteiger partial charge in [0.05, 0.1) is 0 Å². The molecular formula is C19H34IN7OS. The summed E-state index contributed by atoms with van der Waals surface area (Å²) >= 11 is 1.95. The SMILES string of the molecule is CN=C(NCCCCn1cnnc1)NC1CCC(C(=O)N2CCSCC2)CC1.I. The Morgan fingerprint density at radius 3 is 2.48 bits per heavy atom. The molecule has 0 unspecified atom stereocenters. The minimum Gasteiger partial charge on any atom is -0.356 e. The third-order valence-corrected chi connectivity index (χ3v) is 6.51. The van der Waals surface area contributed by atoms with Gasteiger partial charge < -0.3 is 20.1 Å². The maximum absolute atomic E-state index is 12.7. The Kier molecular flexibility index (Phi) is 11.1. The number of amides is 1. The summed E-state index contributed by atoms with van der Waals surface area (Å²) in [6.07, 6.45) is 9.67. The molecule has 1 aromatic heterocycles. The van der Waals surface area contributed by atoms with E-state index in [9.17, 15) is 4.79 Å². The smallest absolute Gasteiger partial charge is 0.225 e. The van der Waals surface area contributed by atoms with Crippen molar-refractivity contribution in [2.75, 3.05) is 38.2 Å². The Hall–Kier alpha value is -1.04. The number of aromatic nitrogens is 3. The van der Waals surface area contributed by atoms with Crippen molar-refractivity contribution in [1.82, 2.24) is 30.3 Å². The Labute approximate surface area is 195 Å². The minimum absolute atomic E-state index is 0. The summed E-state index contributed by atoms with van der Waals surface area (Å²) in [5.74, 6) is 3.64. The normalized spacial score (nSPS) is 22.7. The zero-order valence-corrected chi connectivity index (χ0v) is 20.4. The first kappa shape index (κ1) is 24.2. The Bertz CT molecular complexity index is 614. The van der Waals surface area contributed by atoms with E-state index in [4.69, 9.17) is 0 Å². The van der Waals surface area contributed by atoms with Crippen LogP contribution < -0.4 is 10.6 Å². The molecule has 1 saturated carbocycles. The molecule has 1 saturated heterocycles. The average molecular weight is 536 g/mol. The van der Waals surface area contributed by atoms with Crippen molar-refractivity contribution in [3.8, 4) is 0 Å². The van der Waals surface area contributed by atoms with E-state index in [0.717, 1.165) is 82.2 Å². The average Bonchev–Trinajstić information content (AvgIpc) is 3.27. The molecule has 1 aliphatic heterocycles. The summed E-state index contributed by atoms with van der Waals surface area (Å²) in [6, 6.07) is 0.407. The molecule has 1 aliphatic carbocycles. The molecule has 2 fully saturated rings. The van der Waals surface area contributed by atoms with Crippen LogP contribution in [0.3, 0.4) is 0 Å². The Morgan fingerprint density at radius 2 is 1.83 bits per heavy atom. The van der Waals surface area contributed by atoms with Crippen molar-refractivity contribution >= 4 is 47.6 Å². The summed E-state index contributed by atoms with van der Waals surface area (Å²) < 4.78 is 2.00. The molecule has 0 bridgehead atoms. The fraction of sp³-hybridized carbons (Fsp3) is 0.789. The maximum atomic E-state index is 12.7. The fourth-order valence-electron chi connectivity index (χ4n) is 3.88. The molecule has 0 spiro atoms. The molecular weight excluding hydrogens is 501 g/mol. The van der Waals surface area contributed by atoms with Crippen molar-refractivity contribution < 1.29 is 4.79 Å². The van der Waals surface area contributed by atoms with Gasteiger partial charge in [-0.15, -0.1) is 34.2 Å². The van der Waals surface area contributed by atoms with E-state index < -0.39 is 0 Å². The summed E-state index contributed by atoms with van der Waals surface area (Å²) in [6.45, 7) is 3.68. The molecule has 1 amide bonds. The van der Waals surface area contributed by atoms with E-state index in [0.29, 0.717) is 11.9 Å². The number of aliphatic imine (C=N–C) groups is 1. The second-order valence-corrected chi connectivity index (χ2v) is 8.76. The lowest BCUT2D eigenvalue weighted by Gasteiger charge is -2.34. The second-order valence-electron chi connectivity index (χ2n) is 7.54. The van der Waals surface area contributed by atoms with Crippen LogP contribution in [-0.4, -0.2) is 75.8 Å². The van der Waals surface area contributed by atoms with Crippen LogP contribution in [-0.2, 0) is 11.3 Å². The van der Waals surface area contributed by atoms with Crippen LogP contribution in [0.15, 0.2) is 17.6 Å². The zero-order chi connectivity index (χ0) is 19.6. The van der Waals surface area contributed by atoms with E-state index in [-0.39, 0.29) is 29.9 Å². The number of carbonyl (C=O) groups excluding carboxylic acids is 1. The number of nitrogens with one attached hydrogen (secondary N) is 2. The van der Waals surface area contributed by atoms with Crippen molar-refractivity contribution in [2.45, 2.75) is 51.1 Å². The molecule has 0 radical (unpaired) electrons. The van der Waals surface area contributed by atoms with Crippen molar-refractivity contribution in [1.29, 1.82) is 0 Å². The van der Waals surface area contributed by atoms with E-state index in [1.165, 1.54) is 0 Å². The van der Waals surface area contributed by atoms with Gasteiger partial charge in [-0.25, -0.2) is 0 Å². The monoisotopic (exact) mass is 535 g/mol. The number of nitrogens with zero attached hydrogens (tertiary/aromatic N) is 5. The number of aryl methyl sites for hydroxylation is 1. The van der Waals surface area contributed by atoms with Gasteiger partial charge in [0.1, 0.15) is 12.7 Å². The number of halogens is 1. The summed E-state index contributed by atoms with van der Waals surface area (Å²) in [5, 5.41) is 14.6. The standard InChI is InChI=1S/C19H33N7OS.HI/c1-20-19(21-8-2-3-9-25-14-22-23-15-25)24-17-6-4-16(5-7-17)18(27)26-10-12-28-13-11-26;/h14-17H,2-13H2,1H3,(H2,20,21,24);1H. The molecule has 2 aliphatic rings. The second kappa shape index (κ2) is 13.3. The third kappa shape index (κ3) is 7.95. The number of hydrogen-bond donors (Lipinski definition) is 2.